The summed E-state index contributed by atoms with van der Waals surface area (Å²) in [5, 5.41) is 8.96. The van der Waals surface area contributed by atoms with E-state index in [0.29, 0.717) is 6.54 Å². The van der Waals surface area contributed by atoms with Gasteiger partial charge in [-0.1, -0.05) is 13.3 Å². The van der Waals surface area contributed by atoms with Crippen molar-refractivity contribution >= 4 is 11.6 Å². The number of nitrogen functional groups attached to an aromatic ring is 1. The van der Waals surface area contributed by atoms with Gasteiger partial charge in [-0.05, 0) is 6.42 Å². The van der Waals surface area contributed by atoms with Crippen molar-refractivity contribution in [1.29, 1.82) is 0 Å². The monoisotopic (exact) mass is 260 g/mol. The van der Waals surface area contributed by atoms with Crippen LogP contribution in [-0.4, -0.2) is 29.8 Å². The Bertz CT molecular complexity index is 390. The first kappa shape index (κ1) is 14.6. The average molecular weight is 260 g/mol. The number of unbranched alkanes of at least 4 members (excludes halogenated alkanes) is 1. The highest BCUT2D eigenvalue weighted by molar-refractivity contribution is 5.48. The molecule has 0 fully saturated rings. The molecule has 1 rings (SSSR count). The fourth-order valence-electron chi connectivity index (χ4n) is 1.57. The van der Waals surface area contributed by atoms with E-state index in [1.54, 1.807) is 4.90 Å². The van der Waals surface area contributed by atoms with Crippen LogP contribution in [0.2, 0.25) is 0 Å². The summed E-state index contributed by atoms with van der Waals surface area (Å²) in [6.07, 6.45) is 1.75. The van der Waals surface area contributed by atoms with Crippen molar-refractivity contribution in [3.63, 3.8) is 0 Å². The van der Waals surface area contributed by atoms with E-state index in [-0.39, 0.29) is 24.8 Å². The lowest BCUT2D eigenvalue weighted by Gasteiger charge is -2.23. The lowest BCUT2D eigenvalue weighted by molar-refractivity contribution is 0.300. The fourth-order valence-corrected chi connectivity index (χ4v) is 1.57. The molecule has 0 amide bonds. The Hall–Kier alpha value is -1.47. The number of aromatic nitrogens is 1. The first-order chi connectivity index (χ1) is 8.63. The van der Waals surface area contributed by atoms with Crippen LogP contribution in [-0.2, 0) is 0 Å². The molecule has 1 aromatic heterocycles. The van der Waals surface area contributed by atoms with Crippen LogP contribution in [0.25, 0.3) is 0 Å². The molecule has 0 spiro atoms. The van der Waals surface area contributed by atoms with Gasteiger partial charge in [-0.15, -0.1) is 0 Å². The quantitative estimate of drug-likeness (QED) is 0.508. The van der Waals surface area contributed by atoms with E-state index in [0.717, 1.165) is 18.9 Å². The predicted molar refractivity (Wildman–Crippen MR) is 66.2 cm³/mol. The van der Waals surface area contributed by atoms with Crippen LogP contribution in [0.5, 0.6) is 0 Å². The second-order valence-corrected chi connectivity index (χ2v) is 3.83. The number of nitrogens with two attached hydrogens (primary N) is 1. The molecule has 1 heterocycles. The van der Waals surface area contributed by atoms with E-state index in [9.17, 15) is 8.78 Å². The number of rotatable bonds is 7. The zero-order valence-electron chi connectivity index (χ0n) is 10.3. The fraction of sp³-hybridized carbons (Fsp3) is 0.545. The van der Waals surface area contributed by atoms with Crippen molar-refractivity contribution in [2.24, 2.45) is 5.84 Å². The minimum atomic E-state index is -0.849. The van der Waals surface area contributed by atoms with Crippen LogP contribution in [0.1, 0.15) is 19.8 Å². The highest BCUT2D eigenvalue weighted by atomic mass is 19.1. The van der Waals surface area contributed by atoms with Crippen LogP contribution in [0.15, 0.2) is 6.07 Å². The van der Waals surface area contributed by atoms with Gasteiger partial charge in [0, 0.05) is 19.2 Å². The van der Waals surface area contributed by atoms with Crippen molar-refractivity contribution < 1.29 is 13.9 Å². The van der Waals surface area contributed by atoms with Crippen LogP contribution in [0.3, 0.4) is 0 Å². The van der Waals surface area contributed by atoms with Crippen molar-refractivity contribution in [1.82, 2.24) is 4.98 Å². The normalized spacial score (nSPS) is 10.5. The number of hydrazine groups is 1. The average Bonchev–Trinajstić information content (AvgIpc) is 2.35. The van der Waals surface area contributed by atoms with E-state index in [1.165, 1.54) is 0 Å². The summed E-state index contributed by atoms with van der Waals surface area (Å²) in [7, 11) is 0. The Morgan fingerprint density at radius 2 is 2.11 bits per heavy atom. The van der Waals surface area contributed by atoms with Gasteiger partial charge < -0.3 is 15.4 Å². The van der Waals surface area contributed by atoms with E-state index >= 15 is 0 Å². The Morgan fingerprint density at radius 3 is 2.67 bits per heavy atom. The van der Waals surface area contributed by atoms with E-state index in [2.05, 4.69) is 10.4 Å². The number of halogens is 2. The number of nitrogens with zero attached hydrogens (tertiary/aromatic N) is 2. The summed E-state index contributed by atoms with van der Waals surface area (Å²) >= 11 is 0. The van der Waals surface area contributed by atoms with Crippen LogP contribution in [0, 0.1) is 11.6 Å². The molecule has 4 N–H and O–H groups in total. The predicted octanol–water partition coefficient (Wildman–Crippen LogP) is 1.24. The zero-order chi connectivity index (χ0) is 13.5. The molecule has 0 unspecified atom stereocenters. The number of aliphatic hydroxyl groups excluding tert-OH is 1. The summed E-state index contributed by atoms with van der Waals surface area (Å²) < 4.78 is 26.9. The van der Waals surface area contributed by atoms with Gasteiger partial charge in [0.05, 0.1) is 6.61 Å². The Morgan fingerprint density at radius 1 is 1.39 bits per heavy atom. The minimum absolute atomic E-state index is 0.00755. The number of aliphatic hydroxyl groups is 1. The first-order valence-electron chi connectivity index (χ1n) is 5.82. The molecule has 0 saturated carbocycles. The van der Waals surface area contributed by atoms with Gasteiger partial charge in [-0.2, -0.15) is 0 Å². The maximum absolute atomic E-state index is 13.7. The van der Waals surface area contributed by atoms with Crippen molar-refractivity contribution in [2.45, 2.75) is 19.8 Å². The molecular formula is C11H18F2N4O. The van der Waals surface area contributed by atoms with Gasteiger partial charge in [0.15, 0.2) is 23.3 Å². The highest BCUT2D eigenvalue weighted by Gasteiger charge is 2.16. The van der Waals surface area contributed by atoms with Crippen molar-refractivity contribution in [3.8, 4) is 0 Å². The lowest BCUT2D eigenvalue weighted by Crippen LogP contribution is -2.30. The maximum Gasteiger partial charge on any atom is 0.178 e. The van der Waals surface area contributed by atoms with Crippen LogP contribution < -0.4 is 16.2 Å². The molecule has 0 aromatic carbocycles. The van der Waals surface area contributed by atoms with Crippen LogP contribution >= 0.6 is 0 Å². The van der Waals surface area contributed by atoms with Gasteiger partial charge >= 0.3 is 0 Å². The Kier molecular flexibility index (Phi) is 5.73. The van der Waals surface area contributed by atoms with E-state index < -0.39 is 11.6 Å². The highest BCUT2D eigenvalue weighted by Crippen LogP contribution is 2.22. The van der Waals surface area contributed by atoms with E-state index in [1.807, 2.05) is 6.92 Å². The summed E-state index contributed by atoms with van der Waals surface area (Å²) in [5.41, 5.74) is 2.07. The van der Waals surface area contributed by atoms with Gasteiger partial charge in [0.1, 0.15) is 0 Å². The summed E-state index contributed by atoms with van der Waals surface area (Å²) in [5.74, 6) is 3.26. The SMILES string of the molecule is CCCCN(CCO)c1nc(NN)c(F)cc1F. The number of hydrogen-bond acceptors (Lipinski definition) is 5. The second-order valence-electron chi connectivity index (χ2n) is 3.83. The summed E-state index contributed by atoms with van der Waals surface area (Å²) in [6.45, 7) is 2.64. The summed E-state index contributed by atoms with van der Waals surface area (Å²) in [4.78, 5) is 5.36. The molecule has 7 heteroatoms. The van der Waals surface area contributed by atoms with Gasteiger partial charge in [0.2, 0.25) is 0 Å². The third-order valence-corrected chi connectivity index (χ3v) is 2.50. The molecule has 0 atom stereocenters. The van der Waals surface area contributed by atoms with E-state index in [4.69, 9.17) is 10.9 Å². The van der Waals surface area contributed by atoms with Gasteiger partial charge in [-0.3, -0.25) is 0 Å². The molecule has 0 aliphatic rings. The van der Waals surface area contributed by atoms with Crippen LogP contribution in [0.4, 0.5) is 20.4 Å². The van der Waals surface area contributed by atoms with Gasteiger partial charge in [0.25, 0.3) is 0 Å². The zero-order valence-corrected chi connectivity index (χ0v) is 10.3. The molecule has 102 valence electrons. The molecule has 0 saturated heterocycles. The standard InChI is InChI=1S/C11H18F2N4O/c1-2-3-4-17(5-6-18)11-9(13)7-8(12)10(15-11)16-14/h7,18H,2-6,14H2,1H3,(H,15,16). The second kappa shape index (κ2) is 7.07. The number of anilines is 2. The largest absolute Gasteiger partial charge is 0.395 e. The number of nitrogens with one attached hydrogen (secondary N) is 1. The molecule has 0 bridgehead atoms. The Balaban J connectivity index is 3.02. The lowest BCUT2D eigenvalue weighted by atomic mass is 10.3. The minimum Gasteiger partial charge on any atom is -0.395 e. The van der Waals surface area contributed by atoms with Gasteiger partial charge in [-0.25, -0.2) is 19.6 Å². The third-order valence-electron chi connectivity index (χ3n) is 2.50. The molecule has 0 radical (unpaired) electrons. The topological polar surface area (TPSA) is 74.4 Å². The molecule has 1 aromatic rings. The number of pyridine rings is 1. The molecular weight excluding hydrogens is 242 g/mol. The molecule has 5 nitrogen and oxygen atoms in total. The van der Waals surface area contributed by atoms with Crippen molar-refractivity contribution in [2.75, 3.05) is 30.0 Å². The first-order valence-corrected chi connectivity index (χ1v) is 5.82. The summed E-state index contributed by atoms with van der Waals surface area (Å²) in [6, 6.07) is 0.730. The third kappa shape index (κ3) is 3.51. The molecule has 0 aliphatic heterocycles. The smallest absolute Gasteiger partial charge is 0.178 e. The number of hydrogen-bond donors (Lipinski definition) is 3. The molecule has 18 heavy (non-hydrogen) atoms. The molecule has 0 aliphatic carbocycles. The maximum atomic E-state index is 13.7. The van der Waals surface area contributed by atoms with Crippen molar-refractivity contribution in [3.05, 3.63) is 17.7 Å². The Labute approximate surface area is 105 Å².